The predicted octanol–water partition coefficient (Wildman–Crippen LogP) is 5.24. The highest BCUT2D eigenvalue weighted by Gasteiger charge is 2.01. The molecule has 0 heterocycles. The number of nitrogens with one attached hydrogen (secondary N) is 1. The first kappa shape index (κ1) is 13.0. The number of benzene rings is 3. The van der Waals surface area contributed by atoms with Gasteiger partial charge in [0.2, 0.25) is 0 Å². The van der Waals surface area contributed by atoms with Crippen molar-refractivity contribution in [3.63, 3.8) is 0 Å². The van der Waals surface area contributed by atoms with Gasteiger partial charge in [0, 0.05) is 21.5 Å². The van der Waals surface area contributed by atoms with Gasteiger partial charge in [0.15, 0.2) is 0 Å². The quantitative estimate of drug-likeness (QED) is 0.632. The number of hydrogen-bond acceptors (Lipinski definition) is 2. The molecule has 3 aromatic carbocycles. The molecule has 0 saturated carbocycles. The lowest BCUT2D eigenvalue weighted by Gasteiger charge is -2.11. The van der Waals surface area contributed by atoms with Gasteiger partial charge in [-0.05, 0) is 65.7 Å². The number of nitrogens with two attached hydrogens (primary N) is 1. The summed E-state index contributed by atoms with van der Waals surface area (Å²) in [6.45, 7) is 2.05. The molecular formula is C17H15BrN2. The van der Waals surface area contributed by atoms with Gasteiger partial charge in [-0.1, -0.05) is 28.1 Å². The number of fused-ring (bicyclic) bond motifs is 1. The Morgan fingerprint density at radius 1 is 0.900 bits per heavy atom. The van der Waals surface area contributed by atoms with Gasteiger partial charge in [0.25, 0.3) is 0 Å². The molecule has 0 atom stereocenters. The maximum Gasteiger partial charge on any atom is 0.0415 e. The Bertz CT molecular complexity index is 781. The molecule has 0 radical (unpaired) electrons. The van der Waals surface area contributed by atoms with E-state index >= 15 is 0 Å². The average Bonchev–Trinajstić information content (AvgIpc) is 2.42. The van der Waals surface area contributed by atoms with Crippen LogP contribution in [0, 0.1) is 6.92 Å². The number of hydrogen-bond donors (Lipinski definition) is 2. The maximum absolute atomic E-state index is 5.78. The van der Waals surface area contributed by atoms with Gasteiger partial charge >= 0.3 is 0 Å². The third-order valence-electron chi connectivity index (χ3n) is 3.33. The van der Waals surface area contributed by atoms with E-state index < -0.39 is 0 Å². The van der Waals surface area contributed by atoms with Crippen LogP contribution < -0.4 is 11.1 Å². The van der Waals surface area contributed by atoms with E-state index in [-0.39, 0.29) is 0 Å². The van der Waals surface area contributed by atoms with Gasteiger partial charge in [0.1, 0.15) is 0 Å². The number of halogens is 1. The van der Waals surface area contributed by atoms with Gasteiger partial charge in [-0.15, -0.1) is 0 Å². The minimum Gasteiger partial charge on any atom is -0.399 e. The molecule has 3 rings (SSSR count). The van der Waals surface area contributed by atoms with Crippen LogP contribution in [0.4, 0.5) is 17.1 Å². The van der Waals surface area contributed by atoms with Crippen LogP contribution in [0.2, 0.25) is 0 Å². The second kappa shape index (κ2) is 5.17. The summed E-state index contributed by atoms with van der Waals surface area (Å²) in [5.41, 5.74) is 9.86. The molecule has 0 amide bonds. The van der Waals surface area contributed by atoms with Crippen molar-refractivity contribution in [2.45, 2.75) is 6.92 Å². The van der Waals surface area contributed by atoms with Gasteiger partial charge in [-0.2, -0.15) is 0 Å². The second-order valence-corrected chi connectivity index (χ2v) is 5.82. The Hall–Kier alpha value is -2.00. The Labute approximate surface area is 126 Å². The van der Waals surface area contributed by atoms with Gasteiger partial charge in [-0.3, -0.25) is 0 Å². The molecule has 2 nitrogen and oxygen atoms in total. The first-order valence-corrected chi connectivity index (χ1v) is 7.23. The van der Waals surface area contributed by atoms with Gasteiger partial charge < -0.3 is 11.1 Å². The minimum atomic E-state index is 0.788. The minimum absolute atomic E-state index is 0.788. The first-order valence-electron chi connectivity index (χ1n) is 6.44. The molecule has 3 aromatic rings. The highest BCUT2D eigenvalue weighted by molar-refractivity contribution is 9.10. The zero-order chi connectivity index (χ0) is 14.1. The van der Waals surface area contributed by atoms with Crippen LogP contribution in [0.3, 0.4) is 0 Å². The third-order valence-corrected chi connectivity index (χ3v) is 3.83. The molecule has 0 spiro atoms. The van der Waals surface area contributed by atoms with Crippen molar-refractivity contribution in [2.75, 3.05) is 11.1 Å². The third kappa shape index (κ3) is 2.63. The summed E-state index contributed by atoms with van der Waals surface area (Å²) in [4.78, 5) is 0. The summed E-state index contributed by atoms with van der Waals surface area (Å²) < 4.78 is 1.10. The summed E-state index contributed by atoms with van der Waals surface area (Å²) in [5.74, 6) is 0. The van der Waals surface area contributed by atoms with E-state index in [4.69, 9.17) is 5.73 Å². The highest BCUT2D eigenvalue weighted by Crippen LogP contribution is 2.26. The fourth-order valence-electron chi connectivity index (χ4n) is 2.28. The van der Waals surface area contributed by atoms with E-state index in [0.717, 1.165) is 27.1 Å². The lowest BCUT2D eigenvalue weighted by Crippen LogP contribution is -1.94. The van der Waals surface area contributed by atoms with E-state index in [2.05, 4.69) is 64.6 Å². The van der Waals surface area contributed by atoms with Crippen LogP contribution in [-0.4, -0.2) is 0 Å². The Morgan fingerprint density at radius 3 is 2.45 bits per heavy atom. The standard InChI is InChI=1S/C17H15BrN2/c1-11-8-15(19)5-7-17(11)20-16-6-3-12-9-14(18)4-2-13(12)10-16/h2-10,20H,19H2,1H3. The lowest BCUT2D eigenvalue weighted by atomic mass is 10.1. The number of rotatable bonds is 2. The molecule has 3 N–H and O–H groups in total. The molecule has 0 aliphatic rings. The second-order valence-electron chi connectivity index (χ2n) is 4.91. The molecule has 0 saturated heterocycles. The SMILES string of the molecule is Cc1cc(N)ccc1Nc1ccc2cc(Br)ccc2c1. The average molecular weight is 327 g/mol. The maximum atomic E-state index is 5.78. The van der Waals surface area contributed by atoms with E-state index in [0.29, 0.717) is 0 Å². The number of anilines is 3. The molecule has 0 aromatic heterocycles. The van der Waals surface area contributed by atoms with Gasteiger partial charge in [0.05, 0.1) is 0 Å². The Kier molecular flexibility index (Phi) is 3.36. The van der Waals surface area contributed by atoms with Crippen molar-refractivity contribution < 1.29 is 0 Å². The monoisotopic (exact) mass is 326 g/mol. The van der Waals surface area contributed by atoms with E-state index in [1.807, 2.05) is 18.2 Å². The van der Waals surface area contributed by atoms with Crippen molar-refractivity contribution in [3.05, 3.63) is 64.6 Å². The van der Waals surface area contributed by atoms with Crippen molar-refractivity contribution in [1.29, 1.82) is 0 Å². The molecular weight excluding hydrogens is 312 g/mol. The summed E-state index contributed by atoms with van der Waals surface area (Å²) in [6.07, 6.45) is 0. The van der Waals surface area contributed by atoms with Crippen LogP contribution in [-0.2, 0) is 0 Å². The molecule has 0 aliphatic carbocycles. The van der Waals surface area contributed by atoms with E-state index in [9.17, 15) is 0 Å². The predicted molar refractivity (Wildman–Crippen MR) is 90.5 cm³/mol. The van der Waals surface area contributed by atoms with Crippen molar-refractivity contribution in [1.82, 2.24) is 0 Å². The summed E-state index contributed by atoms with van der Waals surface area (Å²) in [6, 6.07) is 18.5. The van der Waals surface area contributed by atoms with Crippen LogP contribution in [0.1, 0.15) is 5.56 Å². The molecule has 0 fully saturated rings. The van der Waals surface area contributed by atoms with Gasteiger partial charge in [-0.25, -0.2) is 0 Å². The molecule has 0 unspecified atom stereocenters. The molecule has 3 heteroatoms. The normalized spacial score (nSPS) is 10.7. The van der Waals surface area contributed by atoms with Crippen molar-refractivity contribution in [3.8, 4) is 0 Å². The number of aryl methyl sites for hydroxylation is 1. The molecule has 0 bridgehead atoms. The van der Waals surface area contributed by atoms with Crippen LogP contribution in [0.25, 0.3) is 10.8 Å². The Balaban J connectivity index is 1.96. The van der Waals surface area contributed by atoms with Crippen LogP contribution in [0.5, 0.6) is 0 Å². The van der Waals surface area contributed by atoms with Crippen LogP contribution >= 0.6 is 15.9 Å². The van der Waals surface area contributed by atoms with E-state index in [1.54, 1.807) is 0 Å². The molecule has 0 aliphatic heterocycles. The fraction of sp³-hybridized carbons (Fsp3) is 0.0588. The first-order chi connectivity index (χ1) is 9.61. The van der Waals surface area contributed by atoms with Crippen molar-refractivity contribution >= 4 is 43.8 Å². The summed E-state index contributed by atoms with van der Waals surface area (Å²) in [7, 11) is 0. The zero-order valence-electron chi connectivity index (χ0n) is 11.2. The Morgan fingerprint density at radius 2 is 1.65 bits per heavy atom. The molecule has 20 heavy (non-hydrogen) atoms. The summed E-state index contributed by atoms with van der Waals surface area (Å²) in [5, 5.41) is 5.87. The van der Waals surface area contributed by atoms with Crippen LogP contribution in [0.15, 0.2) is 59.1 Å². The smallest absolute Gasteiger partial charge is 0.0415 e. The fourth-order valence-corrected chi connectivity index (χ4v) is 2.66. The zero-order valence-corrected chi connectivity index (χ0v) is 12.7. The molecule has 100 valence electrons. The van der Waals surface area contributed by atoms with Crippen molar-refractivity contribution in [2.24, 2.45) is 0 Å². The summed E-state index contributed by atoms with van der Waals surface area (Å²) >= 11 is 3.49. The number of nitrogen functional groups attached to an aromatic ring is 1. The lowest BCUT2D eigenvalue weighted by molar-refractivity contribution is 1.44. The largest absolute Gasteiger partial charge is 0.399 e. The topological polar surface area (TPSA) is 38.0 Å². The highest BCUT2D eigenvalue weighted by atomic mass is 79.9. The van der Waals surface area contributed by atoms with E-state index in [1.165, 1.54) is 10.8 Å².